The van der Waals surface area contributed by atoms with Crippen molar-refractivity contribution in [2.24, 2.45) is 0 Å². The molecule has 1 rings (SSSR count). The van der Waals surface area contributed by atoms with Crippen LogP contribution >= 0.6 is 0 Å². The standard InChI is InChI=1S/C30H54O16S2/c31-47(32,33)27-5-3-9-37-11-13-39-15-17-41-19-21-43-23-25-45-29-7-1-2-8-30(29)46-26-24-44-22-20-42-18-16-40-14-12-38-10-4-6-28-48(34,35)36/h1-2,7-8H,3-6,9-28H2,(H,31,32,33)(H,34,35,36). The number of ether oxygens (including phenoxy) is 10. The lowest BCUT2D eigenvalue weighted by Gasteiger charge is -2.13. The van der Waals surface area contributed by atoms with E-state index in [0.29, 0.717) is 156 Å². The minimum absolute atomic E-state index is 0.254. The Hall–Kier alpha value is -1.68. The Bertz CT molecular complexity index is 1000. The predicted molar refractivity (Wildman–Crippen MR) is 175 cm³/mol. The van der Waals surface area contributed by atoms with Crippen LogP contribution in [0.5, 0.6) is 11.5 Å². The minimum Gasteiger partial charge on any atom is -0.487 e. The van der Waals surface area contributed by atoms with Gasteiger partial charge in [-0.2, -0.15) is 16.8 Å². The highest BCUT2D eigenvalue weighted by Crippen LogP contribution is 2.26. The largest absolute Gasteiger partial charge is 0.487 e. The second-order valence-electron chi connectivity index (χ2n) is 10.0. The van der Waals surface area contributed by atoms with Crippen molar-refractivity contribution < 1.29 is 73.3 Å². The number of rotatable bonds is 36. The Morgan fingerprint density at radius 1 is 0.375 bits per heavy atom. The van der Waals surface area contributed by atoms with Crippen LogP contribution in [-0.2, 0) is 58.1 Å². The molecule has 16 nitrogen and oxygen atoms in total. The fourth-order valence-corrected chi connectivity index (χ4v) is 4.75. The highest BCUT2D eigenvalue weighted by atomic mass is 32.2. The third-order valence-corrected chi connectivity index (χ3v) is 7.54. The summed E-state index contributed by atoms with van der Waals surface area (Å²) in [5.41, 5.74) is 0. The maximum atomic E-state index is 10.6. The molecule has 282 valence electrons. The first-order valence-electron chi connectivity index (χ1n) is 16.0. The van der Waals surface area contributed by atoms with E-state index in [0.717, 1.165) is 0 Å². The summed E-state index contributed by atoms with van der Waals surface area (Å²) in [5, 5.41) is 0. The average Bonchev–Trinajstić information content (AvgIpc) is 3.03. The molecule has 18 heteroatoms. The van der Waals surface area contributed by atoms with Crippen LogP contribution in [0.25, 0.3) is 0 Å². The van der Waals surface area contributed by atoms with E-state index < -0.39 is 20.2 Å². The first-order chi connectivity index (χ1) is 23.2. The van der Waals surface area contributed by atoms with Gasteiger partial charge in [-0.1, -0.05) is 12.1 Å². The van der Waals surface area contributed by atoms with E-state index in [1.807, 2.05) is 24.3 Å². The molecule has 1 aromatic rings. The van der Waals surface area contributed by atoms with Crippen LogP contribution < -0.4 is 9.47 Å². The van der Waals surface area contributed by atoms with E-state index >= 15 is 0 Å². The topological polar surface area (TPSA) is 201 Å². The zero-order valence-electron chi connectivity index (χ0n) is 27.7. The smallest absolute Gasteiger partial charge is 0.264 e. The molecule has 48 heavy (non-hydrogen) atoms. The van der Waals surface area contributed by atoms with Gasteiger partial charge in [-0.3, -0.25) is 9.11 Å². The second-order valence-corrected chi connectivity index (χ2v) is 13.2. The van der Waals surface area contributed by atoms with Crippen molar-refractivity contribution in [2.75, 3.05) is 130 Å². The summed E-state index contributed by atoms with van der Waals surface area (Å²) in [4.78, 5) is 0. The molecular formula is C30H54O16S2. The molecule has 0 saturated carbocycles. The lowest BCUT2D eigenvalue weighted by molar-refractivity contribution is -0.00560. The van der Waals surface area contributed by atoms with Crippen LogP contribution in [0.15, 0.2) is 24.3 Å². The molecule has 0 saturated heterocycles. The molecule has 0 fully saturated rings. The van der Waals surface area contributed by atoms with Crippen LogP contribution in [-0.4, -0.2) is 156 Å². The van der Waals surface area contributed by atoms with Gasteiger partial charge in [0, 0.05) is 13.2 Å². The maximum absolute atomic E-state index is 10.6. The molecule has 0 aromatic heterocycles. The first kappa shape index (κ1) is 44.3. The van der Waals surface area contributed by atoms with Gasteiger partial charge in [0.1, 0.15) is 13.2 Å². The zero-order chi connectivity index (χ0) is 35.0. The number of hydrogen-bond donors (Lipinski definition) is 2. The summed E-state index contributed by atoms with van der Waals surface area (Å²) in [5.74, 6) is 0.719. The molecule has 0 radical (unpaired) electrons. The summed E-state index contributed by atoms with van der Waals surface area (Å²) in [6.45, 7) is 7.33. The van der Waals surface area contributed by atoms with Gasteiger partial charge < -0.3 is 47.4 Å². The Labute approximate surface area is 285 Å². The second kappa shape index (κ2) is 30.2. The van der Waals surface area contributed by atoms with Gasteiger partial charge in [-0.25, -0.2) is 0 Å². The van der Waals surface area contributed by atoms with Crippen LogP contribution in [0.4, 0.5) is 0 Å². The molecule has 0 bridgehead atoms. The van der Waals surface area contributed by atoms with Gasteiger partial charge in [0.2, 0.25) is 0 Å². The van der Waals surface area contributed by atoms with Crippen molar-refractivity contribution in [3.8, 4) is 11.5 Å². The van der Waals surface area contributed by atoms with Crippen LogP contribution in [0.1, 0.15) is 25.7 Å². The summed E-state index contributed by atoms with van der Waals surface area (Å²) in [6, 6.07) is 7.37. The van der Waals surface area contributed by atoms with Crippen molar-refractivity contribution in [3.05, 3.63) is 24.3 Å². The highest BCUT2D eigenvalue weighted by Gasteiger charge is 2.06. The van der Waals surface area contributed by atoms with E-state index in [1.54, 1.807) is 0 Å². The fraction of sp³-hybridized carbons (Fsp3) is 0.800. The summed E-state index contributed by atoms with van der Waals surface area (Å²) < 4.78 is 115. The fourth-order valence-electron chi connectivity index (χ4n) is 3.61. The molecule has 1 aromatic carbocycles. The molecular weight excluding hydrogens is 680 g/mol. The summed E-state index contributed by atoms with van der Waals surface area (Å²) in [6.07, 6.45) is 1.82. The van der Waals surface area contributed by atoms with Crippen molar-refractivity contribution in [2.45, 2.75) is 25.7 Å². The van der Waals surface area contributed by atoms with E-state index in [-0.39, 0.29) is 11.5 Å². The predicted octanol–water partition coefficient (Wildman–Crippen LogP) is 1.91. The quantitative estimate of drug-likeness (QED) is 0.0747. The molecule has 0 unspecified atom stereocenters. The van der Waals surface area contributed by atoms with Crippen LogP contribution in [0, 0.1) is 0 Å². The number of hydrogen-bond acceptors (Lipinski definition) is 14. The van der Waals surface area contributed by atoms with E-state index in [9.17, 15) is 16.8 Å². The Balaban J connectivity index is 1.87. The number of unbranched alkanes of at least 4 members (excludes halogenated alkanes) is 2. The van der Waals surface area contributed by atoms with Crippen molar-refractivity contribution in [3.63, 3.8) is 0 Å². The van der Waals surface area contributed by atoms with Crippen molar-refractivity contribution in [1.82, 2.24) is 0 Å². The molecule has 0 aliphatic heterocycles. The van der Waals surface area contributed by atoms with Gasteiger partial charge in [0.25, 0.3) is 20.2 Å². The maximum Gasteiger partial charge on any atom is 0.264 e. The van der Waals surface area contributed by atoms with Crippen LogP contribution in [0.3, 0.4) is 0 Å². The molecule has 0 aliphatic carbocycles. The molecule has 0 amide bonds. The molecule has 0 spiro atoms. The lowest BCUT2D eigenvalue weighted by atomic mass is 10.3. The van der Waals surface area contributed by atoms with E-state index in [2.05, 4.69) is 0 Å². The highest BCUT2D eigenvalue weighted by molar-refractivity contribution is 7.86. The first-order valence-corrected chi connectivity index (χ1v) is 19.3. The Morgan fingerprint density at radius 2 is 0.625 bits per heavy atom. The number of benzene rings is 1. The minimum atomic E-state index is -3.90. The van der Waals surface area contributed by atoms with Crippen LogP contribution in [0.2, 0.25) is 0 Å². The van der Waals surface area contributed by atoms with Gasteiger partial charge in [-0.05, 0) is 37.8 Å². The summed E-state index contributed by atoms with van der Waals surface area (Å²) >= 11 is 0. The van der Waals surface area contributed by atoms with E-state index in [4.69, 9.17) is 56.5 Å². The van der Waals surface area contributed by atoms with Gasteiger partial charge in [0.15, 0.2) is 11.5 Å². The number of para-hydroxylation sites is 2. The van der Waals surface area contributed by atoms with Gasteiger partial charge in [0.05, 0.1) is 104 Å². The summed E-state index contributed by atoms with van der Waals surface area (Å²) in [7, 11) is -7.81. The van der Waals surface area contributed by atoms with E-state index in [1.165, 1.54) is 0 Å². The Morgan fingerprint density at radius 3 is 0.896 bits per heavy atom. The monoisotopic (exact) mass is 734 g/mol. The average molecular weight is 735 g/mol. The van der Waals surface area contributed by atoms with Crippen molar-refractivity contribution >= 4 is 20.2 Å². The Kier molecular flexibility index (Phi) is 27.9. The zero-order valence-corrected chi connectivity index (χ0v) is 29.3. The lowest BCUT2D eigenvalue weighted by Crippen LogP contribution is -2.15. The molecule has 0 heterocycles. The normalized spacial score (nSPS) is 12.0. The molecule has 0 atom stereocenters. The third kappa shape index (κ3) is 31.6. The van der Waals surface area contributed by atoms with Gasteiger partial charge >= 0.3 is 0 Å². The third-order valence-electron chi connectivity index (χ3n) is 5.93. The molecule has 2 N–H and O–H groups in total. The van der Waals surface area contributed by atoms with Crippen molar-refractivity contribution in [1.29, 1.82) is 0 Å². The van der Waals surface area contributed by atoms with Gasteiger partial charge in [-0.15, -0.1) is 0 Å². The molecule has 0 aliphatic rings. The SMILES string of the molecule is O=S(=O)(O)CCCCOCCOCCOCCOCCOc1ccccc1OCCOCCOCCOCCOCCCCS(=O)(=O)O.